The Bertz CT molecular complexity index is 1020. The Morgan fingerprint density at radius 1 is 1.03 bits per heavy atom. The van der Waals surface area contributed by atoms with Crippen molar-refractivity contribution in [2.45, 2.75) is 38.7 Å². The number of alkyl halides is 2. The fourth-order valence-corrected chi connectivity index (χ4v) is 3.93. The monoisotopic (exact) mass is 413 g/mol. The minimum absolute atomic E-state index is 0.0273. The van der Waals surface area contributed by atoms with Gasteiger partial charge in [0.25, 0.3) is 5.56 Å². The Balaban J connectivity index is 1.31. The normalized spacial score (nSPS) is 18.6. The Morgan fingerprint density at radius 2 is 1.80 bits per heavy atom. The molecule has 3 aromatic rings. The number of rotatable bonds is 7. The molecule has 1 aliphatic rings. The molecule has 7 nitrogen and oxygen atoms in total. The number of pyridine rings is 1. The molecule has 3 aromatic heterocycles. The number of nitrogens with zero attached hydrogens (tertiary/aromatic N) is 5. The van der Waals surface area contributed by atoms with Gasteiger partial charge in [0.1, 0.15) is 5.82 Å². The van der Waals surface area contributed by atoms with E-state index < -0.39 is 6.61 Å². The van der Waals surface area contributed by atoms with Gasteiger partial charge >= 0.3 is 6.61 Å². The molecule has 2 atom stereocenters. The third kappa shape index (κ3) is 5.03. The predicted molar refractivity (Wildman–Crippen MR) is 105 cm³/mol. The fourth-order valence-electron chi connectivity index (χ4n) is 3.93. The molecule has 1 fully saturated rings. The summed E-state index contributed by atoms with van der Waals surface area (Å²) in [5.74, 6) is 1.60. The molecule has 9 heteroatoms. The standard InChI is InChI=1S/C21H21F2N5O2/c22-21(23)30-18-12-25-19(26-13-18)10-15-4-3-14(8-15)9-16-5-6-17(11-24-16)28-20(29)2-1-7-27-28/h1-2,5-7,11-15,21H,3-4,8-10H2/t14-,15-/m0/s1. The molecule has 3 heterocycles. The molecule has 0 amide bonds. The summed E-state index contributed by atoms with van der Waals surface area (Å²) in [7, 11) is 0. The number of halogens is 2. The summed E-state index contributed by atoms with van der Waals surface area (Å²) in [6, 6.07) is 6.87. The van der Waals surface area contributed by atoms with E-state index in [1.807, 2.05) is 12.1 Å². The second-order valence-corrected chi connectivity index (χ2v) is 7.45. The molecule has 0 bridgehead atoms. The molecule has 1 aliphatic carbocycles. The summed E-state index contributed by atoms with van der Waals surface area (Å²) in [5.41, 5.74) is 1.44. The fraction of sp³-hybridized carbons (Fsp3) is 0.381. The van der Waals surface area contributed by atoms with Gasteiger partial charge in [-0.2, -0.15) is 18.6 Å². The van der Waals surface area contributed by atoms with Crippen molar-refractivity contribution in [3.63, 3.8) is 0 Å². The van der Waals surface area contributed by atoms with E-state index in [9.17, 15) is 13.6 Å². The molecule has 1 saturated carbocycles. The van der Waals surface area contributed by atoms with Gasteiger partial charge in [0, 0.05) is 24.4 Å². The van der Waals surface area contributed by atoms with Crippen LogP contribution in [0.25, 0.3) is 5.69 Å². The van der Waals surface area contributed by atoms with E-state index in [0.29, 0.717) is 23.3 Å². The molecule has 0 spiro atoms. The quantitative estimate of drug-likeness (QED) is 0.592. The molecule has 0 N–H and O–H groups in total. The lowest BCUT2D eigenvalue weighted by atomic mass is 9.97. The largest absolute Gasteiger partial charge is 0.432 e. The Hall–Kier alpha value is -3.23. The Kier molecular flexibility index (Phi) is 6.06. The topological polar surface area (TPSA) is 82.8 Å². The van der Waals surface area contributed by atoms with Crippen LogP contribution in [0.5, 0.6) is 5.75 Å². The van der Waals surface area contributed by atoms with Crippen LogP contribution in [0, 0.1) is 11.8 Å². The summed E-state index contributed by atoms with van der Waals surface area (Å²) in [6.45, 7) is -2.87. The molecular formula is C21H21F2N5O2. The van der Waals surface area contributed by atoms with Gasteiger partial charge in [0.2, 0.25) is 0 Å². The van der Waals surface area contributed by atoms with Crippen LogP contribution < -0.4 is 10.3 Å². The molecule has 0 radical (unpaired) electrons. The lowest BCUT2D eigenvalue weighted by Gasteiger charge is -2.11. The van der Waals surface area contributed by atoms with Gasteiger partial charge < -0.3 is 4.74 Å². The Morgan fingerprint density at radius 3 is 2.47 bits per heavy atom. The van der Waals surface area contributed by atoms with E-state index in [2.05, 4.69) is 24.8 Å². The van der Waals surface area contributed by atoms with E-state index in [0.717, 1.165) is 37.8 Å². The molecule has 0 unspecified atom stereocenters. The summed E-state index contributed by atoms with van der Waals surface area (Å²) in [4.78, 5) is 24.6. The average Bonchev–Trinajstić information content (AvgIpc) is 3.17. The molecular weight excluding hydrogens is 392 g/mol. The zero-order chi connectivity index (χ0) is 20.9. The van der Waals surface area contributed by atoms with E-state index >= 15 is 0 Å². The SMILES string of the molecule is O=c1cccnn1-c1ccc(C[C@H]2CC[C@H](Cc3ncc(OC(F)F)cn3)C2)nc1. The average molecular weight is 413 g/mol. The van der Waals surface area contributed by atoms with Gasteiger partial charge in [-0.15, -0.1) is 0 Å². The van der Waals surface area contributed by atoms with Gasteiger partial charge in [-0.3, -0.25) is 9.78 Å². The lowest BCUT2D eigenvalue weighted by molar-refractivity contribution is -0.0503. The number of hydrogen-bond acceptors (Lipinski definition) is 6. The van der Waals surface area contributed by atoms with Gasteiger partial charge in [0.15, 0.2) is 5.75 Å². The summed E-state index contributed by atoms with van der Waals surface area (Å²) in [6.07, 6.45) is 10.6. The van der Waals surface area contributed by atoms with Crippen molar-refractivity contribution in [2.75, 3.05) is 0 Å². The smallest absolute Gasteiger partial charge is 0.387 e. The lowest BCUT2D eigenvalue weighted by Crippen LogP contribution is -2.19. The molecule has 30 heavy (non-hydrogen) atoms. The zero-order valence-electron chi connectivity index (χ0n) is 16.2. The minimum atomic E-state index is -2.87. The zero-order valence-corrected chi connectivity index (χ0v) is 16.2. The minimum Gasteiger partial charge on any atom is -0.432 e. The molecule has 0 aromatic carbocycles. The van der Waals surface area contributed by atoms with Gasteiger partial charge in [-0.25, -0.2) is 9.97 Å². The summed E-state index contributed by atoms with van der Waals surface area (Å²) in [5, 5.41) is 4.06. The highest BCUT2D eigenvalue weighted by Crippen LogP contribution is 2.34. The third-order valence-electron chi connectivity index (χ3n) is 5.30. The first-order chi connectivity index (χ1) is 14.6. The predicted octanol–water partition coefficient (Wildman–Crippen LogP) is 3.22. The van der Waals surface area contributed by atoms with Crippen molar-refractivity contribution >= 4 is 0 Å². The first kappa shape index (κ1) is 20.1. The summed E-state index contributed by atoms with van der Waals surface area (Å²) < 4.78 is 30.0. The van der Waals surface area contributed by atoms with Crippen LogP contribution in [0.2, 0.25) is 0 Å². The third-order valence-corrected chi connectivity index (χ3v) is 5.30. The van der Waals surface area contributed by atoms with Crippen molar-refractivity contribution < 1.29 is 13.5 Å². The van der Waals surface area contributed by atoms with Crippen LogP contribution in [0.4, 0.5) is 8.78 Å². The Labute approximate surface area is 171 Å². The number of hydrogen-bond donors (Lipinski definition) is 0. The highest BCUT2D eigenvalue weighted by molar-refractivity contribution is 5.28. The molecule has 4 rings (SSSR count). The molecule has 156 valence electrons. The highest BCUT2D eigenvalue weighted by Gasteiger charge is 2.26. The number of ether oxygens (including phenoxy) is 1. The number of aromatic nitrogens is 5. The van der Waals surface area contributed by atoms with E-state index in [-0.39, 0.29) is 11.3 Å². The van der Waals surface area contributed by atoms with Crippen LogP contribution in [-0.2, 0) is 12.8 Å². The van der Waals surface area contributed by atoms with E-state index in [1.165, 1.54) is 23.1 Å². The van der Waals surface area contributed by atoms with Gasteiger partial charge in [-0.1, -0.05) is 0 Å². The van der Waals surface area contributed by atoms with Crippen LogP contribution in [0.3, 0.4) is 0 Å². The van der Waals surface area contributed by atoms with Crippen molar-refractivity contribution in [3.05, 3.63) is 70.9 Å². The second kappa shape index (κ2) is 9.06. The maximum atomic E-state index is 12.2. The molecule has 0 saturated heterocycles. The molecule has 0 aliphatic heterocycles. The van der Waals surface area contributed by atoms with Gasteiger partial charge in [0.05, 0.1) is 24.3 Å². The van der Waals surface area contributed by atoms with Crippen molar-refractivity contribution in [1.82, 2.24) is 24.7 Å². The second-order valence-electron chi connectivity index (χ2n) is 7.45. The van der Waals surface area contributed by atoms with Gasteiger partial charge in [-0.05, 0) is 55.7 Å². The van der Waals surface area contributed by atoms with Crippen molar-refractivity contribution in [2.24, 2.45) is 11.8 Å². The first-order valence-corrected chi connectivity index (χ1v) is 9.82. The van der Waals surface area contributed by atoms with Crippen LogP contribution in [-0.4, -0.2) is 31.3 Å². The highest BCUT2D eigenvalue weighted by atomic mass is 19.3. The van der Waals surface area contributed by atoms with E-state index in [1.54, 1.807) is 18.5 Å². The van der Waals surface area contributed by atoms with E-state index in [4.69, 9.17) is 0 Å². The maximum absolute atomic E-state index is 12.2. The van der Waals surface area contributed by atoms with Crippen molar-refractivity contribution in [1.29, 1.82) is 0 Å². The van der Waals surface area contributed by atoms with Crippen molar-refractivity contribution in [3.8, 4) is 11.4 Å². The van der Waals surface area contributed by atoms with Crippen LogP contribution in [0.1, 0.15) is 30.8 Å². The van der Waals surface area contributed by atoms with Crippen LogP contribution in [0.15, 0.2) is 53.8 Å². The summed E-state index contributed by atoms with van der Waals surface area (Å²) >= 11 is 0. The first-order valence-electron chi connectivity index (χ1n) is 9.82. The van der Waals surface area contributed by atoms with Crippen LogP contribution >= 0.6 is 0 Å². The maximum Gasteiger partial charge on any atom is 0.387 e.